The van der Waals surface area contributed by atoms with E-state index in [-0.39, 0.29) is 5.78 Å². The molecule has 0 spiro atoms. The SMILES string of the molecule is COC(=O)c1cc(C(C)=O)ccc1OCC1CCCCC1. The quantitative estimate of drug-likeness (QED) is 0.613. The Morgan fingerprint density at radius 2 is 1.90 bits per heavy atom. The molecular formula is C17H22O4. The molecule has 1 aromatic rings. The number of esters is 1. The van der Waals surface area contributed by atoms with Gasteiger partial charge in [0, 0.05) is 5.56 Å². The Bertz CT molecular complexity index is 516. The molecule has 0 aromatic heterocycles. The van der Waals surface area contributed by atoms with Gasteiger partial charge in [0.15, 0.2) is 5.78 Å². The van der Waals surface area contributed by atoms with E-state index in [0.29, 0.717) is 29.4 Å². The summed E-state index contributed by atoms with van der Waals surface area (Å²) in [5.74, 6) is 0.491. The van der Waals surface area contributed by atoms with Gasteiger partial charge >= 0.3 is 5.97 Å². The molecule has 0 atom stereocenters. The number of ether oxygens (including phenoxy) is 2. The van der Waals surface area contributed by atoms with Crippen LogP contribution in [0, 0.1) is 5.92 Å². The predicted molar refractivity (Wildman–Crippen MR) is 79.9 cm³/mol. The van der Waals surface area contributed by atoms with Gasteiger partial charge in [-0.3, -0.25) is 4.79 Å². The third-order valence-corrected chi connectivity index (χ3v) is 3.99. The summed E-state index contributed by atoms with van der Waals surface area (Å²) in [5.41, 5.74) is 0.807. The summed E-state index contributed by atoms with van der Waals surface area (Å²) in [7, 11) is 1.33. The van der Waals surface area contributed by atoms with Crippen molar-refractivity contribution in [3.63, 3.8) is 0 Å². The molecule has 0 N–H and O–H groups in total. The number of Topliss-reactive ketones (excluding diaryl/α,β-unsaturated/α-hetero) is 1. The van der Waals surface area contributed by atoms with Crippen molar-refractivity contribution in [1.82, 2.24) is 0 Å². The van der Waals surface area contributed by atoms with E-state index in [0.717, 1.165) is 0 Å². The number of rotatable bonds is 5. The Morgan fingerprint density at radius 3 is 2.52 bits per heavy atom. The van der Waals surface area contributed by atoms with Gasteiger partial charge in [-0.1, -0.05) is 19.3 Å². The van der Waals surface area contributed by atoms with Crippen molar-refractivity contribution in [1.29, 1.82) is 0 Å². The van der Waals surface area contributed by atoms with Crippen molar-refractivity contribution in [2.45, 2.75) is 39.0 Å². The molecule has 4 nitrogen and oxygen atoms in total. The first-order valence-electron chi connectivity index (χ1n) is 7.48. The van der Waals surface area contributed by atoms with Crippen molar-refractivity contribution >= 4 is 11.8 Å². The minimum Gasteiger partial charge on any atom is -0.492 e. The average molecular weight is 290 g/mol. The monoisotopic (exact) mass is 290 g/mol. The molecule has 1 aliphatic carbocycles. The van der Waals surface area contributed by atoms with Crippen LogP contribution in [-0.2, 0) is 4.74 Å². The van der Waals surface area contributed by atoms with Crippen LogP contribution in [0.3, 0.4) is 0 Å². The largest absolute Gasteiger partial charge is 0.492 e. The highest BCUT2D eigenvalue weighted by Gasteiger charge is 2.18. The molecule has 0 bridgehead atoms. The van der Waals surface area contributed by atoms with E-state index < -0.39 is 5.97 Å². The van der Waals surface area contributed by atoms with E-state index in [9.17, 15) is 9.59 Å². The summed E-state index contributed by atoms with van der Waals surface area (Å²) in [6.07, 6.45) is 6.16. The first-order chi connectivity index (χ1) is 10.1. The van der Waals surface area contributed by atoms with Crippen LogP contribution in [0.5, 0.6) is 5.75 Å². The number of hydrogen-bond acceptors (Lipinski definition) is 4. The number of ketones is 1. The topological polar surface area (TPSA) is 52.6 Å². The minimum atomic E-state index is -0.475. The highest BCUT2D eigenvalue weighted by atomic mass is 16.5. The highest BCUT2D eigenvalue weighted by molar-refractivity contribution is 5.99. The minimum absolute atomic E-state index is 0.0843. The van der Waals surface area contributed by atoms with Crippen molar-refractivity contribution in [2.24, 2.45) is 5.92 Å². The fourth-order valence-electron chi connectivity index (χ4n) is 2.71. The maximum absolute atomic E-state index is 11.8. The van der Waals surface area contributed by atoms with Gasteiger partial charge < -0.3 is 9.47 Å². The second-order valence-corrected chi connectivity index (χ2v) is 5.57. The van der Waals surface area contributed by atoms with Crippen molar-refractivity contribution in [2.75, 3.05) is 13.7 Å². The Hall–Kier alpha value is -1.84. The molecule has 0 saturated heterocycles. The lowest BCUT2D eigenvalue weighted by molar-refractivity contribution is 0.0594. The second kappa shape index (κ2) is 7.25. The van der Waals surface area contributed by atoms with Crippen LogP contribution in [0.1, 0.15) is 59.7 Å². The number of benzene rings is 1. The first kappa shape index (κ1) is 15.5. The molecule has 0 amide bonds. The van der Waals surface area contributed by atoms with Gasteiger partial charge in [0.05, 0.1) is 13.7 Å². The van der Waals surface area contributed by atoms with Gasteiger partial charge in [-0.25, -0.2) is 4.79 Å². The molecule has 0 radical (unpaired) electrons. The van der Waals surface area contributed by atoms with E-state index in [2.05, 4.69) is 0 Å². The van der Waals surface area contributed by atoms with Crippen LogP contribution >= 0.6 is 0 Å². The standard InChI is InChI=1S/C17H22O4/c1-12(18)14-8-9-16(15(10-14)17(19)20-2)21-11-13-6-4-3-5-7-13/h8-10,13H,3-7,11H2,1-2H3. The highest BCUT2D eigenvalue weighted by Crippen LogP contribution is 2.27. The lowest BCUT2D eigenvalue weighted by Crippen LogP contribution is -2.17. The molecule has 21 heavy (non-hydrogen) atoms. The zero-order chi connectivity index (χ0) is 15.2. The number of carbonyl (C=O) groups is 2. The zero-order valence-corrected chi connectivity index (χ0v) is 12.7. The number of carbonyl (C=O) groups excluding carboxylic acids is 2. The Kier molecular flexibility index (Phi) is 5.37. The van der Waals surface area contributed by atoms with Gasteiger partial charge in [-0.15, -0.1) is 0 Å². The Labute approximate surface area is 125 Å². The first-order valence-corrected chi connectivity index (χ1v) is 7.48. The summed E-state index contributed by atoms with van der Waals surface area (Å²) in [4.78, 5) is 23.3. The van der Waals surface area contributed by atoms with Crippen molar-refractivity contribution in [3.05, 3.63) is 29.3 Å². The average Bonchev–Trinajstić information content (AvgIpc) is 2.52. The Balaban J connectivity index is 2.13. The number of methoxy groups -OCH3 is 1. The molecule has 1 saturated carbocycles. The van der Waals surface area contributed by atoms with Crippen LogP contribution < -0.4 is 4.74 Å². The molecule has 1 fully saturated rings. The van der Waals surface area contributed by atoms with Crippen LogP contribution in [0.15, 0.2) is 18.2 Å². The summed E-state index contributed by atoms with van der Waals surface area (Å²) in [6, 6.07) is 4.92. The smallest absolute Gasteiger partial charge is 0.341 e. The fourth-order valence-corrected chi connectivity index (χ4v) is 2.71. The third-order valence-electron chi connectivity index (χ3n) is 3.99. The predicted octanol–water partition coefficient (Wildman–Crippen LogP) is 3.63. The maximum atomic E-state index is 11.8. The van der Waals surface area contributed by atoms with Gasteiger partial charge in [0.25, 0.3) is 0 Å². The summed E-state index contributed by atoms with van der Waals surface area (Å²) in [6.45, 7) is 2.09. The van der Waals surface area contributed by atoms with E-state index in [1.165, 1.54) is 46.1 Å². The lowest BCUT2D eigenvalue weighted by Gasteiger charge is -2.22. The lowest BCUT2D eigenvalue weighted by atomic mass is 9.90. The molecule has 4 heteroatoms. The van der Waals surface area contributed by atoms with E-state index in [1.807, 2.05) is 0 Å². The van der Waals surface area contributed by atoms with Gasteiger partial charge in [-0.2, -0.15) is 0 Å². The molecule has 1 aromatic carbocycles. The molecule has 2 rings (SSSR count). The van der Waals surface area contributed by atoms with Gasteiger partial charge in [0.2, 0.25) is 0 Å². The summed E-state index contributed by atoms with van der Waals surface area (Å²) < 4.78 is 10.6. The third kappa shape index (κ3) is 4.06. The van der Waals surface area contributed by atoms with Crippen LogP contribution in [0.2, 0.25) is 0 Å². The van der Waals surface area contributed by atoms with Gasteiger partial charge in [-0.05, 0) is 43.9 Å². The molecule has 0 aliphatic heterocycles. The van der Waals surface area contributed by atoms with Crippen LogP contribution in [0.4, 0.5) is 0 Å². The van der Waals surface area contributed by atoms with Gasteiger partial charge in [0.1, 0.15) is 11.3 Å². The summed E-state index contributed by atoms with van der Waals surface area (Å²) >= 11 is 0. The second-order valence-electron chi connectivity index (χ2n) is 5.57. The van der Waals surface area contributed by atoms with Crippen LogP contribution in [0.25, 0.3) is 0 Å². The number of hydrogen-bond donors (Lipinski definition) is 0. The fraction of sp³-hybridized carbons (Fsp3) is 0.529. The summed E-state index contributed by atoms with van der Waals surface area (Å²) in [5, 5.41) is 0. The van der Waals surface area contributed by atoms with E-state index in [1.54, 1.807) is 18.2 Å². The molecular weight excluding hydrogens is 268 g/mol. The molecule has 1 aliphatic rings. The maximum Gasteiger partial charge on any atom is 0.341 e. The van der Waals surface area contributed by atoms with E-state index in [4.69, 9.17) is 9.47 Å². The van der Waals surface area contributed by atoms with Crippen LogP contribution in [-0.4, -0.2) is 25.5 Å². The molecule has 0 unspecified atom stereocenters. The normalized spacial score (nSPS) is 15.5. The van der Waals surface area contributed by atoms with E-state index >= 15 is 0 Å². The van der Waals surface area contributed by atoms with Crippen molar-refractivity contribution < 1.29 is 19.1 Å². The molecule has 114 valence electrons. The Morgan fingerprint density at radius 1 is 1.19 bits per heavy atom. The zero-order valence-electron chi connectivity index (χ0n) is 12.7. The molecule has 0 heterocycles. The van der Waals surface area contributed by atoms with Crippen molar-refractivity contribution in [3.8, 4) is 5.75 Å².